The Morgan fingerprint density at radius 1 is 1.08 bits per heavy atom. The number of fused-ring (bicyclic) bond motifs is 1. The first-order valence-electron chi connectivity index (χ1n) is 12.3. The van der Waals surface area contributed by atoms with E-state index < -0.39 is 11.6 Å². The molecule has 3 aromatic rings. The summed E-state index contributed by atoms with van der Waals surface area (Å²) in [6, 6.07) is 9.41. The van der Waals surface area contributed by atoms with Gasteiger partial charge in [0.2, 0.25) is 0 Å². The van der Waals surface area contributed by atoms with Gasteiger partial charge < -0.3 is 14.4 Å². The Labute approximate surface area is 210 Å². The van der Waals surface area contributed by atoms with E-state index in [4.69, 9.17) is 9.47 Å². The zero-order chi connectivity index (χ0) is 25.4. The first kappa shape index (κ1) is 24.0. The molecule has 9 nitrogen and oxygen atoms in total. The monoisotopic (exact) mass is 490 g/mol. The number of esters is 1. The molecule has 5 rings (SSSR count). The van der Waals surface area contributed by atoms with Crippen LogP contribution in [0.4, 0.5) is 4.79 Å². The topological polar surface area (TPSA) is 90.4 Å². The fourth-order valence-corrected chi connectivity index (χ4v) is 5.11. The number of hydrogen-bond donors (Lipinski definition) is 0. The van der Waals surface area contributed by atoms with Crippen LogP contribution in [0.2, 0.25) is 0 Å². The van der Waals surface area contributed by atoms with E-state index in [-0.39, 0.29) is 17.8 Å². The maximum Gasteiger partial charge on any atom is 0.359 e. The molecule has 3 atom stereocenters. The Balaban J connectivity index is 1.17. The van der Waals surface area contributed by atoms with Crippen LogP contribution < -0.4 is 9.30 Å². The van der Waals surface area contributed by atoms with Crippen LogP contribution in [0, 0.1) is 11.8 Å². The minimum atomic E-state index is -0.617. The lowest BCUT2D eigenvalue weighted by atomic mass is 10.0. The van der Waals surface area contributed by atoms with Crippen molar-refractivity contribution in [1.29, 1.82) is 0 Å². The van der Waals surface area contributed by atoms with Crippen molar-refractivity contribution in [2.24, 2.45) is 18.9 Å². The van der Waals surface area contributed by atoms with E-state index in [1.54, 1.807) is 27.1 Å². The second-order valence-electron chi connectivity index (χ2n) is 10.7. The van der Waals surface area contributed by atoms with Crippen molar-refractivity contribution < 1.29 is 23.6 Å². The van der Waals surface area contributed by atoms with Crippen molar-refractivity contribution in [3.63, 3.8) is 0 Å². The minimum Gasteiger partial charge on any atom is -0.490 e. The highest BCUT2D eigenvalue weighted by molar-refractivity contribution is 5.88. The molecule has 0 radical (unpaired) electrons. The lowest BCUT2D eigenvalue weighted by Gasteiger charge is -2.20. The Morgan fingerprint density at radius 2 is 1.83 bits per heavy atom. The number of aryl methyl sites for hydroxylation is 1. The highest BCUT2D eigenvalue weighted by Gasteiger charge is 2.43. The van der Waals surface area contributed by atoms with Crippen molar-refractivity contribution in [1.82, 2.24) is 19.7 Å². The maximum absolute atomic E-state index is 13.0. The summed E-state index contributed by atoms with van der Waals surface area (Å²) in [7, 11) is 1.95. The van der Waals surface area contributed by atoms with Crippen molar-refractivity contribution in [2.75, 3.05) is 13.1 Å². The molecule has 0 bridgehead atoms. The molecular weight excluding hydrogens is 458 g/mol. The molecule has 9 heteroatoms. The fourth-order valence-electron chi connectivity index (χ4n) is 5.11. The van der Waals surface area contributed by atoms with Crippen LogP contribution in [0.1, 0.15) is 44.1 Å². The molecule has 188 valence electrons. The first-order chi connectivity index (χ1) is 17.1. The Bertz CT molecular complexity index is 1270. The lowest BCUT2D eigenvalue weighted by molar-refractivity contribution is -0.674. The molecule has 1 aliphatic carbocycles. The molecule has 1 aromatic carbocycles. The average molecular weight is 491 g/mol. The number of amides is 1. The van der Waals surface area contributed by atoms with Gasteiger partial charge in [0, 0.05) is 19.3 Å². The van der Waals surface area contributed by atoms with Gasteiger partial charge in [-0.3, -0.25) is 0 Å². The van der Waals surface area contributed by atoms with Crippen LogP contribution in [0.25, 0.3) is 11.1 Å². The summed E-state index contributed by atoms with van der Waals surface area (Å²) < 4.78 is 14.9. The van der Waals surface area contributed by atoms with Crippen molar-refractivity contribution in [3.8, 4) is 16.9 Å². The molecule has 1 saturated heterocycles. The Morgan fingerprint density at radius 3 is 2.53 bits per heavy atom. The molecule has 1 aliphatic heterocycles. The van der Waals surface area contributed by atoms with Gasteiger partial charge >= 0.3 is 12.0 Å². The number of ether oxygens (including phenoxy) is 2. The van der Waals surface area contributed by atoms with Gasteiger partial charge in [0.15, 0.2) is 11.9 Å². The van der Waals surface area contributed by atoms with Crippen LogP contribution in [0.15, 0.2) is 55.2 Å². The van der Waals surface area contributed by atoms with E-state index in [0.29, 0.717) is 24.9 Å². The quantitative estimate of drug-likeness (QED) is 0.411. The Hall–Kier alpha value is -3.75. The molecule has 3 heterocycles. The predicted octanol–water partition coefficient (Wildman–Crippen LogP) is 3.48. The van der Waals surface area contributed by atoms with Crippen LogP contribution in [0.5, 0.6) is 5.75 Å². The zero-order valence-corrected chi connectivity index (χ0v) is 21.1. The molecule has 2 fully saturated rings. The number of likely N-dealkylation sites (tertiary alicyclic amines) is 1. The first-order valence-corrected chi connectivity index (χ1v) is 12.3. The summed E-state index contributed by atoms with van der Waals surface area (Å²) in [5.41, 5.74) is 1.62. The van der Waals surface area contributed by atoms with Gasteiger partial charge in [-0.25, -0.2) is 14.2 Å². The van der Waals surface area contributed by atoms with E-state index in [9.17, 15) is 9.59 Å². The minimum absolute atomic E-state index is 0.126. The third-order valence-electron chi connectivity index (χ3n) is 6.65. The normalized spacial score (nSPS) is 21.3. The molecule has 2 aliphatic rings. The average Bonchev–Trinajstić information content (AvgIpc) is 3.53. The molecule has 1 unspecified atom stereocenters. The number of rotatable bonds is 4. The summed E-state index contributed by atoms with van der Waals surface area (Å²) in [5.74, 6) is 1.10. The SMILES string of the molecule is C[n+]1cncc(-c2cccc(OC3C[C@@H]4CN(C(=O)n5ccc(C(=O)OC(C)(C)C)n5)C[C@@H]4C3)c2)c1. The second kappa shape index (κ2) is 9.37. The Kier molecular flexibility index (Phi) is 6.24. The van der Waals surface area contributed by atoms with Crippen LogP contribution in [-0.4, -0.2) is 56.5 Å². The van der Waals surface area contributed by atoms with Gasteiger partial charge in [0.25, 0.3) is 6.33 Å². The maximum atomic E-state index is 13.0. The van der Waals surface area contributed by atoms with Gasteiger partial charge in [0.05, 0.1) is 18.7 Å². The van der Waals surface area contributed by atoms with Crippen LogP contribution >= 0.6 is 0 Å². The third kappa shape index (κ3) is 5.24. The van der Waals surface area contributed by atoms with Crippen LogP contribution in [-0.2, 0) is 11.8 Å². The van der Waals surface area contributed by atoms with Crippen molar-refractivity contribution in [2.45, 2.75) is 45.3 Å². The van der Waals surface area contributed by atoms with E-state index in [1.807, 2.05) is 41.0 Å². The summed E-state index contributed by atoms with van der Waals surface area (Å²) in [4.78, 5) is 31.3. The van der Waals surface area contributed by atoms with Gasteiger partial charge in [-0.15, -0.1) is 0 Å². The number of nitrogens with zero attached hydrogens (tertiary/aromatic N) is 5. The van der Waals surface area contributed by atoms with Gasteiger partial charge in [-0.05, 0) is 69.2 Å². The fraction of sp³-hybridized carbons (Fsp3) is 0.444. The number of carbonyl (C=O) groups is 2. The van der Waals surface area contributed by atoms with Crippen LogP contribution in [0.3, 0.4) is 0 Å². The number of aromatic nitrogens is 4. The lowest BCUT2D eigenvalue weighted by Crippen LogP contribution is -2.35. The molecular formula is C27H32N5O4+. The van der Waals surface area contributed by atoms with Crippen molar-refractivity contribution >= 4 is 12.0 Å². The molecule has 1 saturated carbocycles. The summed E-state index contributed by atoms with van der Waals surface area (Å²) >= 11 is 0. The van der Waals surface area contributed by atoms with E-state index in [1.165, 1.54) is 16.9 Å². The second-order valence-corrected chi connectivity index (χ2v) is 10.7. The standard InChI is InChI=1S/C27H32N5O4/c1-27(2,3)36-25(33)24-8-9-32(29-24)26(34)31-15-19-11-23(12-20(19)16-31)35-22-7-5-6-18(10-22)21-13-28-17-30(4)14-21/h5-10,13-14,17,19-20,23H,11-12,15-16H2,1-4H3/q+1/t19-,20+,23?. The van der Waals surface area contributed by atoms with E-state index in [0.717, 1.165) is 29.7 Å². The van der Waals surface area contributed by atoms with E-state index >= 15 is 0 Å². The van der Waals surface area contributed by atoms with E-state index in [2.05, 4.69) is 22.2 Å². The molecule has 0 spiro atoms. The largest absolute Gasteiger partial charge is 0.490 e. The molecule has 36 heavy (non-hydrogen) atoms. The highest BCUT2D eigenvalue weighted by atomic mass is 16.6. The summed E-state index contributed by atoms with van der Waals surface area (Å²) in [6.07, 6.45) is 9.11. The smallest absolute Gasteiger partial charge is 0.359 e. The number of hydrogen-bond acceptors (Lipinski definition) is 6. The molecule has 0 N–H and O–H groups in total. The summed E-state index contributed by atoms with van der Waals surface area (Å²) in [5, 5.41) is 4.16. The van der Waals surface area contributed by atoms with Gasteiger partial charge in [-0.1, -0.05) is 17.1 Å². The molecule has 2 aromatic heterocycles. The molecule has 1 amide bonds. The highest BCUT2D eigenvalue weighted by Crippen LogP contribution is 2.40. The number of carbonyl (C=O) groups excluding carboxylic acids is 2. The van der Waals surface area contributed by atoms with Crippen molar-refractivity contribution in [3.05, 3.63) is 60.9 Å². The van der Waals surface area contributed by atoms with Gasteiger partial charge in [-0.2, -0.15) is 9.78 Å². The predicted molar refractivity (Wildman–Crippen MR) is 131 cm³/mol. The third-order valence-corrected chi connectivity index (χ3v) is 6.65. The summed E-state index contributed by atoms with van der Waals surface area (Å²) in [6.45, 7) is 6.72. The van der Waals surface area contributed by atoms with Gasteiger partial charge in [0.1, 0.15) is 17.5 Å². The number of benzene rings is 1. The zero-order valence-electron chi connectivity index (χ0n) is 21.1.